The van der Waals surface area contributed by atoms with Crippen LogP contribution in [0.25, 0.3) is 0 Å². The predicted octanol–water partition coefficient (Wildman–Crippen LogP) is 3.16. The van der Waals surface area contributed by atoms with Crippen LogP contribution in [-0.2, 0) is 4.74 Å². The van der Waals surface area contributed by atoms with Gasteiger partial charge < -0.3 is 14.8 Å². The summed E-state index contributed by atoms with van der Waals surface area (Å²) in [6.07, 6.45) is 3.61. The first-order valence-electron chi connectivity index (χ1n) is 6.70. The number of methoxy groups -OCH3 is 1. The highest BCUT2D eigenvalue weighted by Crippen LogP contribution is 2.19. The van der Waals surface area contributed by atoms with Crippen molar-refractivity contribution in [2.75, 3.05) is 27.4 Å². The van der Waals surface area contributed by atoms with E-state index in [1.165, 1.54) is 18.4 Å². The van der Waals surface area contributed by atoms with Gasteiger partial charge in [-0.1, -0.05) is 31.9 Å². The second-order valence-electron chi connectivity index (χ2n) is 4.40. The van der Waals surface area contributed by atoms with E-state index in [2.05, 4.69) is 24.4 Å². The Morgan fingerprint density at radius 2 is 2.11 bits per heavy atom. The summed E-state index contributed by atoms with van der Waals surface area (Å²) in [5.41, 5.74) is 1.20. The van der Waals surface area contributed by atoms with Crippen molar-refractivity contribution in [1.29, 1.82) is 0 Å². The molecule has 0 aliphatic heterocycles. The minimum atomic E-state index is 0.224. The molecule has 0 aromatic heterocycles. The molecule has 1 rings (SSSR count). The van der Waals surface area contributed by atoms with Crippen LogP contribution in [0.2, 0.25) is 0 Å². The third-order valence-corrected chi connectivity index (χ3v) is 3.02. The minimum absolute atomic E-state index is 0.224. The van der Waals surface area contributed by atoms with E-state index in [0.717, 1.165) is 18.8 Å². The molecular formula is C15H25NO2. The van der Waals surface area contributed by atoms with Gasteiger partial charge in [0.1, 0.15) is 5.75 Å². The van der Waals surface area contributed by atoms with Crippen molar-refractivity contribution in [2.45, 2.75) is 32.2 Å². The second kappa shape index (κ2) is 8.95. The van der Waals surface area contributed by atoms with E-state index in [4.69, 9.17) is 9.47 Å². The lowest BCUT2D eigenvalue weighted by Crippen LogP contribution is -2.22. The van der Waals surface area contributed by atoms with Crippen LogP contribution in [0.15, 0.2) is 24.3 Å². The highest BCUT2D eigenvalue weighted by molar-refractivity contribution is 5.30. The fourth-order valence-corrected chi connectivity index (χ4v) is 1.86. The summed E-state index contributed by atoms with van der Waals surface area (Å²) in [5.74, 6) is 0.888. The van der Waals surface area contributed by atoms with Gasteiger partial charge in [0.2, 0.25) is 0 Å². The first-order chi connectivity index (χ1) is 8.81. The Morgan fingerprint density at radius 1 is 1.28 bits per heavy atom. The summed E-state index contributed by atoms with van der Waals surface area (Å²) in [6, 6.07) is 8.34. The molecule has 0 bridgehead atoms. The molecule has 18 heavy (non-hydrogen) atoms. The summed E-state index contributed by atoms with van der Waals surface area (Å²) in [4.78, 5) is 0. The minimum Gasteiger partial charge on any atom is -0.497 e. The summed E-state index contributed by atoms with van der Waals surface area (Å²) in [5, 5.41) is 3.28. The van der Waals surface area contributed by atoms with E-state index in [9.17, 15) is 0 Å². The smallest absolute Gasteiger partial charge is 0.119 e. The summed E-state index contributed by atoms with van der Waals surface area (Å²) in [6.45, 7) is 3.75. The quantitative estimate of drug-likeness (QED) is 0.684. The zero-order valence-electron chi connectivity index (χ0n) is 11.7. The van der Waals surface area contributed by atoms with Gasteiger partial charge in [-0.25, -0.2) is 0 Å². The van der Waals surface area contributed by atoms with Crippen molar-refractivity contribution in [3.63, 3.8) is 0 Å². The Kier molecular flexibility index (Phi) is 7.46. The molecule has 0 fully saturated rings. The van der Waals surface area contributed by atoms with Crippen LogP contribution in [0.3, 0.4) is 0 Å². The Morgan fingerprint density at radius 3 is 2.78 bits per heavy atom. The number of likely N-dealkylation sites (N-methyl/N-ethyl adjacent to an activating group) is 1. The van der Waals surface area contributed by atoms with E-state index in [1.54, 1.807) is 7.11 Å². The molecule has 3 heteroatoms. The first-order valence-corrected chi connectivity index (χ1v) is 6.70. The van der Waals surface area contributed by atoms with E-state index in [-0.39, 0.29) is 6.04 Å². The SMILES string of the molecule is CCCCCOCC(NC)c1cccc(OC)c1. The molecule has 102 valence electrons. The van der Waals surface area contributed by atoms with Crippen molar-refractivity contribution in [2.24, 2.45) is 0 Å². The molecule has 1 aromatic carbocycles. The zero-order chi connectivity index (χ0) is 13.2. The van der Waals surface area contributed by atoms with Crippen molar-refractivity contribution in [1.82, 2.24) is 5.32 Å². The van der Waals surface area contributed by atoms with E-state index < -0.39 is 0 Å². The number of ether oxygens (including phenoxy) is 2. The molecule has 0 amide bonds. The number of benzene rings is 1. The fourth-order valence-electron chi connectivity index (χ4n) is 1.86. The van der Waals surface area contributed by atoms with Gasteiger partial charge in [0.25, 0.3) is 0 Å². The van der Waals surface area contributed by atoms with Gasteiger partial charge in [-0.3, -0.25) is 0 Å². The molecule has 0 heterocycles. The molecule has 0 radical (unpaired) electrons. The Balaban J connectivity index is 2.44. The Labute approximate surface area is 110 Å². The van der Waals surface area contributed by atoms with Gasteiger partial charge in [-0.2, -0.15) is 0 Å². The van der Waals surface area contributed by atoms with Gasteiger partial charge >= 0.3 is 0 Å². The van der Waals surface area contributed by atoms with Crippen LogP contribution >= 0.6 is 0 Å². The van der Waals surface area contributed by atoms with Crippen molar-refractivity contribution >= 4 is 0 Å². The maximum atomic E-state index is 5.71. The largest absolute Gasteiger partial charge is 0.497 e. The Bertz CT molecular complexity index is 328. The number of rotatable bonds is 9. The summed E-state index contributed by atoms with van der Waals surface area (Å²) in [7, 11) is 3.65. The number of unbranched alkanes of at least 4 members (excludes halogenated alkanes) is 2. The molecule has 0 saturated heterocycles. The number of hydrogen-bond acceptors (Lipinski definition) is 3. The number of nitrogens with one attached hydrogen (secondary N) is 1. The average molecular weight is 251 g/mol. The third-order valence-electron chi connectivity index (χ3n) is 3.02. The highest BCUT2D eigenvalue weighted by Gasteiger charge is 2.09. The van der Waals surface area contributed by atoms with Crippen LogP contribution in [0.5, 0.6) is 5.75 Å². The van der Waals surface area contributed by atoms with Crippen LogP contribution in [-0.4, -0.2) is 27.4 Å². The summed E-state index contributed by atoms with van der Waals surface area (Å²) >= 11 is 0. The van der Waals surface area contributed by atoms with Crippen molar-refractivity contribution < 1.29 is 9.47 Å². The lowest BCUT2D eigenvalue weighted by Gasteiger charge is -2.17. The second-order valence-corrected chi connectivity index (χ2v) is 4.40. The number of hydrogen-bond donors (Lipinski definition) is 1. The lowest BCUT2D eigenvalue weighted by molar-refractivity contribution is 0.110. The summed E-state index contributed by atoms with van der Waals surface area (Å²) < 4.78 is 11.0. The van der Waals surface area contributed by atoms with Gasteiger partial charge in [0.05, 0.1) is 19.8 Å². The molecule has 1 atom stereocenters. The van der Waals surface area contributed by atoms with Crippen LogP contribution < -0.4 is 10.1 Å². The predicted molar refractivity (Wildman–Crippen MR) is 75.1 cm³/mol. The van der Waals surface area contributed by atoms with E-state index in [1.807, 2.05) is 19.2 Å². The van der Waals surface area contributed by atoms with Gasteiger partial charge in [-0.05, 0) is 31.2 Å². The highest BCUT2D eigenvalue weighted by atomic mass is 16.5. The monoisotopic (exact) mass is 251 g/mol. The Hall–Kier alpha value is -1.06. The molecule has 0 aliphatic carbocycles. The van der Waals surface area contributed by atoms with Crippen LogP contribution in [0, 0.1) is 0 Å². The third kappa shape index (κ3) is 5.07. The van der Waals surface area contributed by atoms with E-state index in [0.29, 0.717) is 6.61 Å². The van der Waals surface area contributed by atoms with E-state index >= 15 is 0 Å². The van der Waals surface area contributed by atoms with Gasteiger partial charge in [-0.15, -0.1) is 0 Å². The molecule has 0 spiro atoms. The zero-order valence-corrected chi connectivity index (χ0v) is 11.7. The molecule has 1 unspecified atom stereocenters. The molecule has 1 aromatic rings. The molecule has 1 N–H and O–H groups in total. The molecular weight excluding hydrogens is 226 g/mol. The average Bonchev–Trinajstić information content (AvgIpc) is 2.43. The maximum Gasteiger partial charge on any atom is 0.119 e. The van der Waals surface area contributed by atoms with Crippen LogP contribution in [0.1, 0.15) is 37.8 Å². The molecule has 0 aliphatic rings. The standard InChI is InChI=1S/C15H25NO2/c1-4-5-6-10-18-12-15(16-2)13-8-7-9-14(11-13)17-3/h7-9,11,15-16H,4-6,10,12H2,1-3H3. The normalized spacial score (nSPS) is 12.4. The maximum absolute atomic E-state index is 5.71. The van der Waals surface area contributed by atoms with Crippen molar-refractivity contribution in [3.8, 4) is 5.75 Å². The van der Waals surface area contributed by atoms with Crippen molar-refractivity contribution in [3.05, 3.63) is 29.8 Å². The molecule has 0 saturated carbocycles. The lowest BCUT2D eigenvalue weighted by atomic mass is 10.1. The molecule has 3 nitrogen and oxygen atoms in total. The van der Waals surface area contributed by atoms with Crippen LogP contribution in [0.4, 0.5) is 0 Å². The first kappa shape index (κ1) is 15.0. The van der Waals surface area contributed by atoms with Gasteiger partial charge in [0, 0.05) is 6.61 Å². The fraction of sp³-hybridized carbons (Fsp3) is 0.600. The van der Waals surface area contributed by atoms with Gasteiger partial charge in [0.15, 0.2) is 0 Å². The topological polar surface area (TPSA) is 30.5 Å².